The van der Waals surface area contributed by atoms with Crippen molar-refractivity contribution in [3.05, 3.63) is 70.2 Å². The lowest BCUT2D eigenvalue weighted by molar-refractivity contribution is 0.469. The van der Waals surface area contributed by atoms with Gasteiger partial charge in [0.15, 0.2) is 0 Å². The van der Waals surface area contributed by atoms with Crippen LogP contribution in [-0.2, 0) is 6.42 Å². The maximum absolute atomic E-state index is 9.68. The number of hydrogen-bond donors (Lipinski definition) is 1. The Morgan fingerprint density at radius 1 is 1.06 bits per heavy atom. The molecular formula is C15H13BrO. The SMILES string of the molecule is Oc1ccc(Br)cc1C/C=C/c1ccccc1. The first kappa shape index (κ1) is 11.9. The number of phenolic OH excluding ortho intramolecular Hbond substituents is 1. The first-order valence-corrected chi connectivity index (χ1v) is 6.24. The second-order valence-corrected chi connectivity index (χ2v) is 4.71. The van der Waals surface area contributed by atoms with Crippen LogP contribution in [0.3, 0.4) is 0 Å². The number of hydrogen-bond acceptors (Lipinski definition) is 1. The fourth-order valence-corrected chi connectivity index (χ4v) is 2.01. The third-order valence-electron chi connectivity index (χ3n) is 2.49. The van der Waals surface area contributed by atoms with E-state index >= 15 is 0 Å². The van der Waals surface area contributed by atoms with Crippen LogP contribution >= 0.6 is 15.9 Å². The van der Waals surface area contributed by atoms with Crippen LogP contribution in [0.2, 0.25) is 0 Å². The molecule has 2 heteroatoms. The van der Waals surface area contributed by atoms with Gasteiger partial charge in [-0.1, -0.05) is 58.4 Å². The topological polar surface area (TPSA) is 20.2 Å². The van der Waals surface area contributed by atoms with Crippen molar-refractivity contribution in [3.63, 3.8) is 0 Å². The number of halogens is 1. The van der Waals surface area contributed by atoms with Gasteiger partial charge in [0.05, 0.1) is 0 Å². The number of aromatic hydroxyl groups is 1. The average molecular weight is 289 g/mol. The monoisotopic (exact) mass is 288 g/mol. The van der Waals surface area contributed by atoms with Crippen LogP contribution in [0, 0.1) is 0 Å². The van der Waals surface area contributed by atoms with E-state index in [-0.39, 0.29) is 0 Å². The van der Waals surface area contributed by atoms with Gasteiger partial charge in [-0.2, -0.15) is 0 Å². The molecule has 0 radical (unpaired) electrons. The Bertz CT molecular complexity index is 518. The van der Waals surface area contributed by atoms with E-state index in [0.717, 1.165) is 16.5 Å². The largest absolute Gasteiger partial charge is 0.508 e. The van der Waals surface area contributed by atoms with E-state index in [9.17, 15) is 5.11 Å². The predicted molar refractivity (Wildman–Crippen MR) is 75.0 cm³/mol. The minimum Gasteiger partial charge on any atom is -0.508 e. The molecule has 0 fully saturated rings. The first-order chi connectivity index (χ1) is 8.25. The molecule has 17 heavy (non-hydrogen) atoms. The Labute approximate surface area is 110 Å². The third kappa shape index (κ3) is 3.46. The van der Waals surface area contributed by atoms with E-state index in [1.165, 1.54) is 5.56 Å². The van der Waals surface area contributed by atoms with Gasteiger partial charge in [-0.25, -0.2) is 0 Å². The Hall–Kier alpha value is -1.54. The van der Waals surface area contributed by atoms with Gasteiger partial charge in [-0.3, -0.25) is 0 Å². The molecule has 0 atom stereocenters. The van der Waals surface area contributed by atoms with Gasteiger partial charge in [0.2, 0.25) is 0 Å². The minimum absolute atomic E-state index is 0.339. The van der Waals surface area contributed by atoms with Crippen molar-refractivity contribution in [3.8, 4) is 5.75 Å². The zero-order valence-electron chi connectivity index (χ0n) is 9.31. The normalized spacial score (nSPS) is 10.9. The van der Waals surface area contributed by atoms with Crippen molar-refractivity contribution in [1.29, 1.82) is 0 Å². The minimum atomic E-state index is 0.339. The summed E-state index contributed by atoms with van der Waals surface area (Å²) in [5, 5.41) is 9.68. The molecule has 2 aromatic carbocycles. The molecule has 0 aliphatic rings. The molecule has 0 saturated heterocycles. The highest BCUT2D eigenvalue weighted by Crippen LogP contribution is 2.22. The lowest BCUT2D eigenvalue weighted by atomic mass is 10.1. The summed E-state index contributed by atoms with van der Waals surface area (Å²) in [5.74, 6) is 0.339. The molecule has 2 rings (SSSR count). The molecule has 0 spiro atoms. The second-order valence-electron chi connectivity index (χ2n) is 3.79. The molecule has 1 nitrogen and oxygen atoms in total. The van der Waals surface area contributed by atoms with E-state index in [0.29, 0.717) is 5.75 Å². The molecule has 0 unspecified atom stereocenters. The van der Waals surface area contributed by atoms with Crippen LogP contribution in [-0.4, -0.2) is 5.11 Å². The second kappa shape index (κ2) is 5.69. The van der Waals surface area contributed by atoms with Crippen LogP contribution in [0.1, 0.15) is 11.1 Å². The van der Waals surface area contributed by atoms with Gasteiger partial charge in [-0.05, 0) is 35.7 Å². The maximum Gasteiger partial charge on any atom is 0.119 e. The van der Waals surface area contributed by atoms with Crippen molar-refractivity contribution in [2.75, 3.05) is 0 Å². The Morgan fingerprint density at radius 2 is 1.82 bits per heavy atom. The Balaban J connectivity index is 2.07. The molecule has 0 heterocycles. The lowest BCUT2D eigenvalue weighted by Gasteiger charge is -2.01. The van der Waals surface area contributed by atoms with Gasteiger partial charge < -0.3 is 5.11 Å². The smallest absolute Gasteiger partial charge is 0.119 e. The lowest BCUT2D eigenvalue weighted by Crippen LogP contribution is -1.82. The van der Waals surface area contributed by atoms with Crippen molar-refractivity contribution in [2.45, 2.75) is 6.42 Å². The quantitative estimate of drug-likeness (QED) is 0.887. The molecule has 86 valence electrons. The molecule has 0 aliphatic heterocycles. The van der Waals surface area contributed by atoms with Gasteiger partial charge in [-0.15, -0.1) is 0 Å². The van der Waals surface area contributed by atoms with Crippen LogP contribution in [0.5, 0.6) is 5.75 Å². The summed E-state index contributed by atoms with van der Waals surface area (Å²) in [6.07, 6.45) is 4.83. The predicted octanol–water partition coefficient (Wildman–Crippen LogP) is 4.41. The van der Waals surface area contributed by atoms with E-state index in [1.54, 1.807) is 6.07 Å². The Morgan fingerprint density at radius 3 is 2.59 bits per heavy atom. The highest BCUT2D eigenvalue weighted by molar-refractivity contribution is 9.10. The van der Waals surface area contributed by atoms with Crippen molar-refractivity contribution in [2.24, 2.45) is 0 Å². The summed E-state index contributed by atoms with van der Waals surface area (Å²) in [6, 6.07) is 15.6. The molecule has 0 aromatic heterocycles. The maximum atomic E-state index is 9.68. The van der Waals surface area contributed by atoms with E-state index in [1.807, 2.05) is 30.3 Å². The van der Waals surface area contributed by atoms with Crippen LogP contribution < -0.4 is 0 Å². The third-order valence-corrected chi connectivity index (χ3v) is 2.98. The van der Waals surface area contributed by atoms with Crippen LogP contribution in [0.15, 0.2) is 59.1 Å². The summed E-state index contributed by atoms with van der Waals surface area (Å²) in [4.78, 5) is 0. The van der Waals surface area contributed by atoms with E-state index in [4.69, 9.17) is 0 Å². The zero-order chi connectivity index (χ0) is 12.1. The van der Waals surface area contributed by atoms with Crippen molar-refractivity contribution >= 4 is 22.0 Å². The summed E-state index contributed by atoms with van der Waals surface area (Å²) >= 11 is 3.40. The fourth-order valence-electron chi connectivity index (χ4n) is 1.60. The van der Waals surface area contributed by atoms with Crippen molar-refractivity contribution < 1.29 is 5.11 Å². The number of benzene rings is 2. The van der Waals surface area contributed by atoms with E-state index < -0.39 is 0 Å². The zero-order valence-corrected chi connectivity index (χ0v) is 10.9. The molecule has 0 bridgehead atoms. The molecule has 0 aliphatic carbocycles. The summed E-state index contributed by atoms with van der Waals surface area (Å²) in [6.45, 7) is 0. The standard InChI is InChI=1S/C15H13BrO/c16-14-9-10-15(17)13(11-14)8-4-7-12-5-2-1-3-6-12/h1-7,9-11,17H,8H2/b7-4+. The van der Waals surface area contributed by atoms with Gasteiger partial charge in [0, 0.05) is 4.47 Å². The summed E-state index contributed by atoms with van der Waals surface area (Å²) in [7, 11) is 0. The van der Waals surface area contributed by atoms with E-state index in [2.05, 4.69) is 40.2 Å². The highest BCUT2D eigenvalue weighted by Gasteiger charge is 1.99. The fraction of sp³-hybridized carbons (Fsp3) is 0.0667. The van der Waals surface area contributed by atoms with Gasteiger partial charge >= 0.3 is 0 Å². The Kier molecular flexibility index (Phi) is 3.99. The number of allylic oxidation sites excluding steroid dienone is 1. The summed E-state index contributed by atoms with van der Waals surface area (Å²) in [5.41, 5.74) is 2.09. The van der Waals surface area contributed by atoms with Crippen LogP contribution in [0.4, 0.5) is 0 Å². The average Bonchev–Trinajstić information content (AvgIpc) is 2.35. The van der Waals surface area contributed by atoms with Gasteiger partial charge in [0.25, 0.3) is 0 Å². The van der Waals surface area contributed by atoms with Gasteiger partial charge in [0.1, 0.15) is 5.75 Å². The molecule has 2 aromatic rings. The number of phenols is 1. The van der Waals surface area contributed by atoms with Crippen LogP contribution in [0.25, 0.3) is 6.08 Å². The molecular weight excluding hydrogens is 276 g/mol. The molecule has 0 amide bonds. The van der Waals surface area contributed by atoms with Crippen molar-refractivity contribution in [1.82, 2.24) is 0 Å². The molecule has 0 saturated carbocycles. The first-order valence-electron chi connectivity index (χ1n) is 5.45. The highest BCUT2D eigenvalue weighted by atomic mass is 79.9. The molecule has 1 N–H and O–H groups in total. The summed E-state index contributed by atoms with van der Waals surface area (Å²) < 4.78 is 0.985. The number of rotatable bonds is 3.